The molecule has 1 unspecified atom stereocenters. The molecule has 0 saturated heterocycles. The first kappa shape index (κ1) is 12.8. The van der Waals surface area contributed by atoms with Crippen molar-refractivity contribution >= 4 is 0 Å². The third kappa shape index (κ3) is 2.60. The van der Waals surface area contributed by atoms with E-state index >= 15 is 0 Å². The molecule has 96 valence electrons. The fourth-order valence-corrected chi connectivity index (χ4v) is 2.16. The van der Waals surface area contributed by atoms with Crippen molar-refractivity contribution in [1.29, 1.82) is 0 Å². The van der Waals surface area contributed by atoms with Crippen LogP contribution in [0, 0.1) is 6.92 Å². The van der Waals surface area contributed by atoms with Crippen LogP contribution in [0.15, 0.2) is 36.7 Å². The molecule has 1 aromatic carbocycles. The fourth-order valence-electron chi connectivity index (χ4n) is 2.16. The van der Waals surface area contributed by atoms with Gasteiger partial charge in [-0.25, -0.2) is 5.43 Å². The SMILES string of the molecule is CCCn1cc(C(NN)c2ccccc2C)cn1. The minimum Gasteiger partial charge on any atom is -0.272 e. The summed E-state index contributed by atoms with van der Waals surface area (Å²) in [5.74, 6) is 5.70. The van der Waals surface area contributed by atoms with E-state index in [4.69, 9.17) is 5.84 Å². The number of aromatic nitrogens is 2. The molecule has 0 amide bonds. The van der Waals surface area contributed by atoms with Gasteiger partial charge < -0.3 is 0 Å². The van der Waals surface area contributed by atoms with Gasteiger partial charge in [0.2, 0.25) is 0 Å². The Bertz CT molecular complexity index is 504. The Labute approximate surface area is 108 Å². The van der Waals surface area contributed by atoms with Crippen LogP contribution < -0.4 is 11.3 Å². The molecule has 2 aromatic rings. The van der Waals surface area contributed by atoms with Gasteiger partial charge in [0.15, 0.2) is 0 Å². The topological polar surface area (TPSA) is 55.9 Å². The third-order valence-corrected chi connectivity index (χ3v) is 3.11. The lowest BCUT2D eigenvalue weighted by Gasteiger charge is -2.16. The van der Waals surface area contributed by atoms with Crippen LogP contribution in [0.2, 0.25) is 0 Å². The zero-order valence-corrected chi connectivity index (χ0v) is 10.9. The average molecular weight is 244 g/mol. The van der Waals surface area contributed by atoms with Gasteiger partial charge in [-0.15, -0.1) is 0 Å². The maximum absolute atomic E-state index is 5.70. The minimum absolute atomic E-state index is 0.00296. The summed E-state index contributed by atoms with van der Waals surface area (Å²) in [6.45, 7) is 5.17. The largest absolute Gasteiger partial charge is 0.272 e. The summed E-state index contributed by atoms with van der Waals surface area (Å²) >= 11 is 0. The van der Waals surface area contributed by atoms with Crippen LogP contribution in [0.5, 0.6) is 0 Å². The van der Waals surface area contributed by atoms with Gasteiger partial charge >= 0.3 is 0 Å². The van der Waals surface area contributed by atoms with E-state index in [9.17, 15) is 0 Å². The molecular weight excluding hydrogens is 224 g/mol. The van der Waals surface area contributed by atoms with Crippen molar-refractivity contribution < 1.29 is 0 Å². The average Bonchev–Trinajstić information content (AvgIpc) is 2.82. The number of rotatable bonds is 5. The Hall–Kier alpha value is -1.65. The summed E-state index contributed by atoms with van der Waals surface area (Å²) in [4.78, 5) is 0. The highest BCUT2D eigenvalue weighted by Crippen LogP contribution is 2.23. The van der Waals surface area contributed by atoms with E-state index in [0.29, 0.717) is 0 Å². The van der Waals surface area contributed by atoms with Crippen molar-refractivity contribution in [1.82, 2.24) is 15.2 Å². The quantitative estimate of drug-likeness (QED) is 0.626. The number of hydrazine groups is 1. The van der Waals surface area contributed by atoms with Crippen LogP contribution in [0.4, 0.5) is 0 Å². The summed E-state index contributed by atoms with van der Waals surface area (Å²) in [5.41, 5.74) is 6.39. The molecule has 4 nitrogen and oxygen atoms in total. The first-order valence-corrected chi connectivity index (χ1v) is 6.30. The van der Waals surface area contributed by atoms with E-state index in [2.05, 4.69) is 42.7 Å². The highest BCUT2D eigenvalue weighted by atomic mass is 15.3. The van der Waals surface area contributed by atoms with Gasteiger partial charge in [0.1, 0.15) is 0 Å². The molecule has 4 heteroatoms. The first-order chi connectivity index (χ1) is 8.76. The predicted octanol–water partition coefficient (Wildman–Crippen LogP) is 2.15. The number of hydrogen-bond donors (Lipinski definition) is 2. The van der Waals surface area contributed by atoms with Gasteiger partial charge in [0.05, 0.1) is 12.2 Å². The lowest BCUT2D eigenvalue weighted by Crippen LogP contribution is -2.29. The van der Waals surface area contributed by atoms with E-state index in [0.717, 1.165) is 18.5 Å². The van der Waals surface area contributed by atoms with Crippen LogP contribution >= 0.6 is 0 Å². The Morgan fingerprint density at radius 3 is 2.83 bits per heavy atom. The summed E-state index contributed by atoms with van der Waals surface area (Å²) in [6.07, 6.45) is 5.01. The molecular formula is C14H20N4. The smallest absolute Gasteiger partial charge is 0.0743 e. The number of nitrogens with zero attached hydrogens (tertiary/aromatic N) is 2. The van der Waals surface area contributed by atoms with Crippen LogP contribution in [0.25, 0.3) is 0 Å². The predicted molar refractivity (Wildman–Crippen MR) is 72.9 cm³/mol. The maximum atomic E-state index is 5.70. The van der Waals surface area contributed by atoms with E-state index in [-0.39, 0.29) is 6.04 Å². The molecule has 2 rings (SSSR count). The summed E-state index contributed by atoms with van der Waals surface area (Å²) < 4.78 is 1.96. The Morgan fingerprint density at radius 2 is 2.17 bits per heavy atom. The molecule has 0 spiro atoms. The van der Waals surface area contributed by atoms with Gasteiger partial charge in [0.25, 0.3) is 0 Å². The first-order valence-electron chi connectivity index (χ1n) is 6.30. The summed E-state index contributed by atoms with van der Waals surface area (Å²) in [7, 11) is 0. The van der Waals surface area contributed by atoms with Crippen molar-refractivity contribution in [3.63, 3.8) is 0 Å². The van der Waals surface area contributed by atoms with Crippen LogP contribution in [-0.2, 0) is 6.54 Å². The molecule has 0 aliphatic rings. The van der Waals surface area contributed by atoms with Crippen molar-refractivity contribution in [3.05, 3.63) is 53.3 Å². The standard InChI is InChI=1S/C14H20N4/c1-3-8-18-10-12(9-16-18)14(17-15)13-7-5-4-6-11(13)2/h4-7,9-10,14,17H,3,8,15H2,1-2H3. The molecule has 18 heavy (non-hydrogen) atoms. The second kappa shape index (κ2) is 5.80. The van der Waals surface area contributed by atoms with Gasteiger partial charge in [-0.05, 0) is 24.5 Å². The van der Waals surface area contributed by atoms with E-state index in [1.807, 2.05) is 23.0 Å². The number of benzene rings is 1. The number of aryl methyl sites for hydroxylation is 2. The van der Waals surface area contributed by atoms with Gasteiger partial charge in [-0.3, -0.25) is 10.5 Å². The molecule has 0 aliphatic heterocycles. The van der Waals surface area contributed by atoms with Crippen molar-refractivity contribution in [3.8, 4) is 0 Å². The highest BCUT2D eigenvalue weighted by molar-refractivity contribution is 5.34. The van der Waals surface area contributed by atoms with E-state index in [1.165, 1.54) is 11.1 Å². The van der Waals surface area contributed by atoms with E-state index < -0.39 is 0 Å². The Balaban J connectivity index is 2.30. The monoisotopic (exact) mass is 244 g/mol. The summed E-state index contributed by atoms with van der Waals surface area (Å²) in [6, 6.07) is 8.25. The number of nitrogens with two attached hydrogens (primary N) is 1. The molecule has 0 bridgehead atoms. The van der Waals surface area contributed by atoms with E-state index in [1.54, 1.807) is 0 Å². The Morgan fingerprint density at radius 1 is 1.39 bits per heavy atom. The normalized spacial score (nSPS) is 12.6. The van der Waals surface area contributed by atoms with Crippen molar-refractivity contribution in [2.24, 2.45) is 5.84 Å². The third-order valence-electron chi connectivity index (χ3n) is 3.11. The molecule has 0 aliphatic carbocycles. The second-order valence-corrected chi connectivity index (χ2v) is 4.49. The van der Waals surface area contributed by atoms with Gasteiger partial charge in [0, 0.05) is 18.3 Å². The van der Waals surface area contributed by atoms with Crippen molar-refractivity contribution in [2.45, 2.75) is 32.9 Å². The molecule has 0 radical (unpaired) electrons. The molecule has 1 aromatic heterocycles. The number of nitrogens with one attached hydrogen (secondary N) is 1. The molecule has 0 saturated carbocycles. The second-order valence-electron chi connectivity index (χ2n) is 4.49. The zero-order valence-electron chi connectivity index (χ0n) is 10.9. The fraction of sp³-hybridized carbons (Fsp3) is 0.357. The van der Waals surface area contributed by atoms with Gasteiger partial charge in [-0.2, -0.15) is 5.10 Å². The molecule has 3 N–H and O–H groups in total. The summed E-state index contributed by atoms with van der Waals surface area (Å²) in [5, 5.41) is 4.35. The van der Waals surface area contributed by atoms with Crippen LogP contribution in [-0.4, -0.2) is 9.78 Å². The van der Waals surface area contributed by atoms with Crippen molar-refractivity contribution in [2.75, 3.05) is 0 Å². The lowest BCUT2D eigenvalue weighted by molar-refractivity contribution is 0.597. The van der Waals surface area contributed by atoms with Gasteiger partial charge in [-0.1, -0.05) is 31.2 Å². The Kier molecular flexibility index (Phi) is 4.12. The maximum Gasteiger partial charge on any atom is 0.0743 e. The lowest BCUT2D eigenvalue weighted by atomic mass is 9.98. The minimum atomic E-state index is -0.00296. The molecule has 1 heterocycles. The zero-order chi connectivity index (χ0) is 13.0. The van der Waals surface area contributed by atoms with Crippen LogP contribution in [0.1, 0.15) is 36.1 Å². The molecule has 1 atom stereocenters. The molecule has 0 fully saturated rings. The number of hydrogen-bond acceptors (Lipinski definition) is 3. The van der Waals surface area contributed by atoms with Crippen LogP contribution in [0.3, 0.4) is 0 Å². The highest BCUT2D eigenvalue weighted by Gasteiger charge is 2.15.